The molecule has 0 aliphatic heterocycles. The molecule has 4 radical (unpaired) electrons. The van der Waals surface area contributed by atoms with Crippen molar-refractivity contribution in [3.05, 3.63) is 212 Å². The molecule has 452 valence electrons. The van der Waals surface area contributed by atoms with Crippen molar-refractivity contribution in [2.75, 3.05) is 0 Å². The third-order valence-electron chi connectivity index (χ3n) is 18.1. The van der Waals surface area contributed by atoms with Crippen molar-refractivity contribution in [2.24, 2.45) is 0 Å². The molecule has 2 heteroatoms. The van der Waals surface area contributed by atoms with Crippen LogP contribution in [-0.2, 0) is 0 Å². The van der Waals surface area contributed by atoms with Crippen molar-refractivity contribution in [1.82, 2.24) is 0 Å². The summed E-state index contributed by atoms with van der Waals surface area (Å²) in [6.45, 7) is 56.7. The van der Waals surface area contributed by atoms with E-state index in [2.05, 4.69) is 312 Å². The fourth-order valence-corrected chi connectivity index (χ4v) is 22.5. The van der Waals surface area contributed by atoms with Gasteiger partial charge < -0.3 is 0 Å². The molecule has 8 rings (SSSR count). The summed E-state index contributed by atoms with van der Waals surface area (Å²) in [7, 11) is 0. The Morgan fingerprint density at radius 3 is 0.628 bits per heavy atom. The summed E-state index contributed by atoms with van der Waals surface area (Å²) in [6.07, 6.45) is 0. The Kier molecular flexibility index (Phi) is 23.8. The van der Waals surface area contributed by atoms with E-state index >= 15 is 0 Å². The van der Waals surface area contributed by atoms with Crippen molar-refractivity contribution < 1.29 is 0 Å². The van der Waals surface area contributed by atoms with Crippen LogP contribution >= 0.6 is 0 Å². The second-order valence-corrected chi connectivity index (χ2v) is 37.0. The normalized spacial score (nSPS) is 12.2. The molecule has 0 unspecified atom stereocenters. The molecule has 0 fully saturated rings. The van der Waals surface area contributed by atoms with Crippen molar-refractivity contribution in [1.29, 1.82) is 0 Å². The molecule has 8 aromatic carbocycles. The van der Waals surface area contributed by atoms with Crippen LogP contribution < -0.4 is 14.3 Å². The van der Waals surface area contributed by atoms with Gasteiger partial charge >= 0.3 is 551 Å². The molecule has 0 aromatic heterocycles. The van der Waals surface area contributed by atoms with E-state index < -0.39 is 19.8 Å². The SMILES string of the molecule is CC(C)c1cc(C(C)C)c(-c2cccc(-c3c(C(C)C)cc(C(C)C)cc3C(C)C)[c]2[Sn]([c]2ccccc2)[c]2ccccc2)c(C(C)C)c1.CC(C)c1cc(C(C)C)c(-c2cccc(-c3c(C(C)C)cc(C(C)C)cc3C(C)C)[c]2[Sn])c(C(C)C)c1. The van der Waals surface area contributed by atoms with Crippen molar-refractivity contribution >= 4 is 56.6 Å². The van der Waals surface area contributed by atoms with Gasteiger partial charge in [-0.1, -0.05) is 0 Å². The quantitative estimate of drug-likeness (QED) is 0.0708. The molecule has 0 bridgehead atoms. The van der Waals surface area contributed by atoms with E-state index in [9.17, 15) is 0 Å². The van der Waals surface area contributed by atoms with E-state index in [1.54, 1.807) is 3.58 Å². The van der Waals surface area contributed by atoms with Gasteiger partial charge in [0.2, 0.25) is 0 Å². The Hall–Kier alpha value is -4.64. The van der Waals surface area contributed by atoms with Crippen molar-refractivity contribution in [2.45, 2.75) is 237 Å². The minimum absolute atomic E-state index is 0.408. The number of benzene rings is 8. The van der Waals surface area contributed by atoms with Gasteiger partial charge in [-0.2, -0.15) is 0 Å². The van der Waals surface area contributed by atoms with Gasteiger partial charge in [-0.3, -0.25) is 0 Å². The van der Waals surface area contributed by atoms with Crippen LogP contribution in [0.15, 0.2) is 146 Å². The first-order chi connectivity index (χ1) is 40.6. The van der Waals surface area contributed by atoms with Crippen molar-refractivity contribution in [3.63, 3.8) is 0 Å². The number of rotatable bonds is 19. The Labute approximate surface area is 546 Å². The van der Waals surface area contributed by atoms with Gasteiger partial charge in [0.15, 0.2) is 0 Å². The molecule has 0 amide bonds. The van der Waals surface area contributed by atoms with Crippen LogP contribution in [0.25, 0.3) is 44.5 Å². The molecule has 0 saturated carbocycles. The van der Waals surface area contributed by atoms with E-state index in [1.807, 2.05) is 0 Å². The zero-order valence-electron chi connectivity index (χ0n) is 57.8. The summed E-state index contributed by atoms with van der Waals surface area (Å²) in [5.41, 5.74) is 29.5. The average molecular weight is 1360 g/mol. The minimum atomic E-state index is -2.85. The zero-order chi connectivity index (χ0) is 63.3. The summed E-state index contributed by atoms with van der Waals surface area (Å²) < 4.78 is 6.16. The van der Waals surface area contributed by atoms with Crippen LogP contribution in [0.2, 0.25) is 0 Å². The molecule has 0 heterocycles. The second kappa shape index (κ2) is 29.8. The van der Waals surface area contributed by atoms with Crippen LogP contribution in [0, 0.1) is 0 Å². The topological polar surface area (TPSA) is 0 Å². The van der Waals surface area contributed by atoms with Gasteiger partial charge in [0.05, 0.1) is 0 Å². The molecule has 0 spiro atoms. The summed E-state index contributed by atoms with van der Waals surface area (Å²) in [5, 5.41) is 0. The molecular weight excluding hydrogens is 1250 g/mol. The Balaban J connectivity index is 0.000000256. The van der Waals surface area contributed by atoms with E-state index in [-0.39, 0.29) is 0 Å². The van der Waals surface area contributed by atoms with Crippen LogP contribution in [-0.4, -0.2) is 42.3 Å². The predicted octanol–water partition coefficient (Wildman–Crippen LogP) is 22.8. The Bertz CT molecular complexity index is 3210. The molecule has 0 atom stereocenters. The third kappa shape index (κ3) is 15.1. The monoisotopic (exact) mass is 1360 g/mol. The maximum atomic E-state index is 2.54. The number of hydrogen-bond acceptors (Lipinski definition) is 0. The molecule has 0 N–H and O–H groups in total. The van der Waals surface area contributed by atoms with E-state index in [4.69, 9.17) is 0 Å². The summed E-state index contributed by atoms with van der Waals surface area (Å²) in [5.74, 6) is 5.58. The maximum absolute atomic E-state index is 2.85. The predicted molar refractivity (Wildman–Crippen MR) is 387 cm³/mol. The first-order valence-electron chi connectivity index (χ1n) is 33.2. The summed E-state index contributed by atoms with van der Waals surface area (Å²) in [4.78, 5) is 0. The molecule has 8 aromatic rings. The third-order valence-corrected chi connectivity index (χ3v) is 27.8. The van der Waals surface area contributed by atoms with Crippen LogP contribution in [0.3, 0.4) is 0 Å². The fourth-order valence-electron chi connectivity index (χ4n) is 12.9. The van der Waals surface area contributed by atoms with Gasteiger partial charge in [0.25, 0.3) is 0 Å². The van der Waals surface area contributed by atoms with E-state index in [1.165, 1.54) is 145 Å². The first kappa shape index (κ1) is 68.8. The molecule has 0 aliphatic rings. The average Bonchev–Trinajstić information content (AvgIpc) is 0.856. The van der Waals surface area contributed by atoms with Crippen LogP contribution in [0.4, 0.5) is 0 Å². The fraction of sp³-hybridized carbons (Fsp3) is 0.429. The van der Waals surface area contributed by atoms with Gasteiger partial charge in [0.1, 0.15) is 0 Å². The van der Waals surface area contributed by atoms with Gasteiger partial charge in [0, 0.05) is 0 Å². The zero-order valence-corrected chi connectivity index (χ0v) is 63.5. The first-order valence-corrected chi connectivity index (χ1v) is 39.0. The summed E-state index contributed by atoms with van der Waals surface area (Å²) in [6, 6.07) is 57.7. The molecule has 0 aliphatic carbocycles. The molecule has 0 nitrogen and oxygen atoms in total. The standard InChI is InChI=1S/2C36H49.2C6H5.2Sn/c2*1-21(2)29-17-31(23(5)6)35(32(18-29)24(7)8)27-14-13-15-28(16-27)36-33(25(9)10)19-30(22(3)4)20-34(36)26(11)12;2*1-2-4-6-5-3-1;;/h2*13-15,17-26H,1-12H3;2*1-5H;;. The number of hydrogen-bond donors (Lipinski definition) is 0. The molecular formula is C84H108Sn2. The second-order valence-electron chi connectivity index (χ2n) is 28.7. The van der Waals surface area contributed by atoms with E-state index in [0.29, 0.717) is 71.0 Å². The van der Waals surface area contributed by atoms with E-state index in [0.717, 1.165) is 0 Å². The van der Waals surface area contributed by atoms with Gasteiger partial charge in [-0.15, -0.1) is 0 Å². The summed E-state index contributed by atoms with van der Waals surface area (Å²) >= 11 is -1.37. The molecule has 86 heavy (non-hydrogen) atoms. The molecule has 0 saturated heterocycles. The Morgan fingerprint density at radius 2 is 0.430 bits per heavy atom. The van der Waals surface area contributed by atoms with Crippen LogP contribution in [0.1, 0.15) is 304 Å². The van der Waals surface area contributed by atoms with Gasteiger partial charge in [-0.25, -0.2) is 0 Å². The van der Waals surface area contributed by atoms with Gasteiger partial charge in [-0.05, 0) is 0 Å². The van der Waals surface area contributed by atoms with Crippen molar-refractivity contribution in [3.8, 4) is 44.5 Å². The van der Waals surface area contributed by atoms with Crippen LogP contribution in [0.5, 0.6) is 0 Å². The Morgan fingerprint density at radius 1 is 0.233 bits per heavy atom.